The van der Waals surface area contributed by atoms with Gasteiger partial charge in [0.15, 0.2) is 0 Å². The van der Waals surface area contributed by atoms with Gasteiger partial charge in [-0.2, -0.15) is 0 Å². The fraction of sp³-hybridized carbons (Fsp3) is 0.450. The number of piperidine rings is 1. The molecule has 0 aliphatic carbocycles. The molecule has 2 heterocycles. The normalized spacial score (nSPS) is 15.5. The number of amides is 1. The van der Waals surface area contributed by atoms with Crippen molar-refractivity contribution in [2.75, 3.05) is 13.1 Å². The summed E-state index contributed by atoms with van der Waals surface area (Å²) in [5.41, 5.74) is 0.304. The number of hydrogen-bond acceptors (Lipinski definition) is 4. The highest BCUT2D eigenvalue weighted by atomic mass is 16.3. The Hall–Kier alpha value is -2.65. The third-order valence-corrected chi connectivity index (χ3v) is 4.52. The average Bonchev–Trinajstić information content (AvgIpc) is 3.05. The number of aliphatic hydroxyl groups is 1. The maximum atomic E-state index is 12.8. The molecule has 1 aromatic heterocycles. The molecule has 1 N–H and O–H groups in total. The molecule has 1 fully saturated rings. The van der Waals surface area contributed by atoms with Gasteiger partial charge in [0.2, 0.25) is 0 Å². The standard InChI is InChI=1S/C20H24N4O2/c1-20(2,26)10-7-15-5-4-6-17(13-15)19(25)24-11-8-16(9-12-24)18-22-21-14-23(18)3/h4-6,13-14,16,26H,8-9,11-12H2,1-3H3. The lowest BCUT2D eigenvalue weighted by Gasteiger charge is -2.31. The van der Waals surface area contributed by atoms with E-state index in [4.69, 9.17) is 0 Å². The van der Waals surface area contributed by atoms with Crippen LogP contribution in [0.3, 0.4) is 0 Å². The predicted octanol–water partition coefficient (Wildman–Crippen LogP) is 1.96. The third-order valence-electron chi connectivity index (χ3n) is 4.52. The number of rotatable bonds is 2. The first-order valence-electron chi connectivity index (χ1n) is 8.82. The lowest BCUT2D eigenvalue weighted by Crippen LogP contribution is -2.38. The number of carbonyl (C=O) groups is 1. The smallest absolute Gasteiger partial charge is 0.253 e. The second kappa shape index (κ2) is 7.30. The summed E-state index contributed by atoms with van der Waals surface area (Å²) in [7, 11) is 1.95. The Morgan fingerprint density at radius 2 is 2.04 bits per heavy atom. The van der Waals surface area contributed by atoms with Crippen LogP contribution in [-0.2, 0) is 7.05 Å². The molecule has 0 spiro atoms. The molecule has 1 saturated heterocycles. The molecule has 6 nitrogen and oxygen atoms in total. The molecule has 26 heavy (non-hydrogen) atoms. The Balaban J connectivity index is 1.67. The number of aryl methyl sites for hydroxylation is 1. The van der Waals surface area contributed by atoms with E-state index in [-0.39, 0.29) is 5.91 Å². The van der Waals surface area contributed by atoms with E-state index in [9.17, 15) is 9.90 Å². The summed E-state index contributed by atoms with van der Waals surface area (Å²) in [4.78, 5) is 14.7. The van der Waals surface area contributed by atoms with E-state index in [0.717, 1.165) is 24.2 Å². The SMILES string of the molecule is Cn1cnnc1C1CCN(C(=O)c2cccc(C#CC(C)(C)O)c2)CC1. The van der Waals surface area contributed by atoms with Crippen LogP contribution in [0.1, 0.15) is 54.4 Å². The molecule has 1 amide bonds. The van der Waals surface area contributed by atoms with Crippen LogP contribution in [0.25, 0.3) is 0 Å². The summed E-state index contributed by atoms with van der Waals surface area (Å²) in [6.45, 7) is 4.68. The van der Waals surface area contributed by atoms with Crippen molar-refractivity contribution in [2.45, 2.75) is 38.2 Å². The van der Waals surface area contributed by atoms with Crippen LogP contribution in [0.4, 0.5) is 0 Å². The van der Waals surface area contributed by atoms with Crippen molar-refractivity contribution >= 4 is 5.91 Å². The van der Waals surface area contributed by atoms with Crippen molar-refractivity contribution < 1.29 is 9.90 Å². The van der Waals surface area contributed by atoms with Gasteiger partial charge in [0, 0.05) is 37.2 Å². The van der Waals surface area contributed by atoms with E-state index in [0.29, 0.717) is 24.6 Å². The molecule has 0 saturated carbocycles. The maximum Gasteiger partial charge on any atom is 0.253 e. The molecule has 1 aliphatic rings. The fourth-order valence-electron chi connectivity index (χ4n) is 3.14. The van der Waals surface area contributed by atoms with Gasteiger partial charge >= 0.3 is 0 Å². The lowest BCUT2D eigenvalue weighted by molar-refractivity contribution is 0.0710. The molecule has 1 aromatic carbocycles. The highest BCUT2D eigenvalue weighted by Gasteiger charge is 2.27. The van der Waals surface area contributed by atoms with Crippen LogP contribution in [0.2, 0.25) is 0 Å². The Morgan fingerprint density at radius 1 is 1.31 bits per heavy atom. The summed E-state index contributed by atoms with van der Waals surface area (Å²) in [6, 6.07) is 7.27. The summed E-state index contributed by atoms with van der Waals surface area (Å²) in [5.74, 6) is 7.05. The highest BCUT2D eigenvalue weighted by Crippen LogP contribution is 2.26. The number of hydrogen-bond donors (Lipinski definition) is 1. The lowest BCUT2D eigenvalue weighted by atomic mass is 9.95. The van der Waals surface area contributed by atoms with Crippen LogP contribution >= 0.6 is 0 Å². The van der Waals surface area contributed by atoms with Crippen molar-refractivity contribution in [3.05, 3.63) is 47.5 Å². The Kier molecular flexibility index (Phi) is 5.10. The van der Waals surface area contributed by atoms with Gasteiger partial charge in [-0.25, -0.2) is 0 Å². The van der Waals surface area contributed by atoms with Crippen LogP contribution in [0, 0.1) is 11.8 Å². The van der Waals surface area contributed by atoms with Gasteiger partial charge in [-0.3, -0.25) is 4.79 Å². The van der Waals surface area contributed by atoms with Crippen molar-refractivity contribution in [3.63, 3.8) is 0 Å². The number of aromatic nitrogens is 3. The van der Waals surface area contributed by atoms with Gasteiger partial charge in [-0.15, -0.1) is 10.2 Å². The van der Waals surface area contributed by atoms with Crippen LogP contribution in [0.5, 0.6) is 0 Å². The van der Waals surface area contributed by atoms with Crippen LogP contribution in [-0.4, -0.2) is 49.4 Å². The molecule has 0 unspecified atom stereocenters. The predicted molar refractivity (Wildman–Crippen MR) is 98.5 cm³/mol. The molecule has 0 bridgehead atoms. The molecular formula is C20H24N4O2. The first kappa shape index (κ1) is 18.2. The summed E-state index contributed by atoms with van der Waals surface area (Å²) in [5, 5.41) is 17.9. The minimum Gasteiger partial charge on any atom is -0.378 e. The highest BCUT2D eigenvalue weighted by molar-refractivity contribution is 5.94. The quantitative estimate of drug-likeness (QED) is 0.839. The third kappa shape index (κ3) is 4.30. The monoisotopic (exact) mass is 352 g/mol. The number of benzene rings is 1. The zero-order valence-electron chi connectivity index (χ0n) is 15.4. The zero-order valence-corrected chi connectivity index (χ0v) is 15.4. The van der Waals surface area contributed by atoms with Gasteiger partial charge < -0.3 is 14.6 Å². The van der Waals surface area contributed by atoms with Gasteiger partial charge in [0.25, 0.3) is 5.91 Å². The van der Waals surface area contributed by atoms with Gasteiger partial charge in [-0.1, -0.05) is 17.9 Å². The van der Waals surface area contributed by atoms with E-state index in [2.05, 4.69) is 22.0 Å². The molecule has 0 radical (unpaired) electrons. The van der Waals surface area contributed by atoms with Crippen molar-refractivity contribution in [1.82, 2.24) is 19.7 Å². The van der Waals surface area contributed by atoms with Gasteiger partial charge in [0.1, 0.15) is 17.8 Å². The minimum atomic E-state index is -1.05. The Bertz CT molecular complexity index is 846. The van der Waals surface area contributed by atoms with Gasteiger partial charge in [-0.05, 0) is 44.9 Å². The summed E-state index contributed by atoms with van der Waals surface area (Å²) in [6.07, 6.45) is 3.49. The van der Waals surface area contributed by atoms with E-state index in [1.165, 1.54) is 0 Å². The molecular weight excluding hydrogens is 328 g/mol. The van der Waals surface area contributed by atoms with Gasteiger partial charge in [0.05, 0.1) is 0 Å². The minimum absolute atomic E-state index is 0.0216. The van der Waals surface area contributed by atoms with Crippen molar-refractivity contribution in [3.8, 4) is 11.8 Å². The first-order valence-corrected chi connectivity index (χ1v) is 8.82. The van der Waals surface area contributed by atoms with Crippen molar-refractivity contribution in [1.29, 1.82) is 0 Å². The molecule has 2 aromatic rings. The molecule has 1 aliphatic heterocycles. The van der Waals surface area contributed by atoms with Crippen molar-refractivity contribution in [2.24, 2.45) is 7.05 Å². The first-order chi connectivity index (χ1) is 12.3. The second-order valence-electron chi connectivity index (χ2n) is 7.26. The van der Waals surface area contributed by atoms with Crippen LogP contribution in [0.15, 0.2) is 30.6 Å². The molecule has 136 valence electrons. The number of nitrogens with zero attached hydrogens (tertiary/aromatic N) is 4. The van der Waals surface area contributed by atoms with E-state index in [1.54, 1.807) is 26.2 Å². The summed E-state index contributed by atoms with van der Waals surface area (Å²) < 4.78 is 1.95. The van der Waals surface area contributed by atoms with E-state index >= 15 is 0 Å². The molecule has 3 rings (SSSR count). The topological polar surface area (TPSA) is 71.2 Å². The number of likely N-dealkylation sites (tertiary alicyclic amines) is 1. The van der Waals surface area contributed by atoms with E-state index in [1.807, 2.05) is 34.7 Å². The fourth-order valence-corrected chi connectivity index (χ4v) is 3.14. The maximum absolute atomic E-state index is 12.8. The largest absolute Gasteiger partial charge is 0.378 e. The molecule has 0 atom stereocenters. The second-order valence-corrected chi connectivity index (χ2v) is 7.26. The molecule has 6 heteroatoms. The Labute approximate surface area is 153 Å². The zero-order chi connectivity index (χ0) is 18.7. The van der Waals surface area contributed by atoms with E-state index < -0.39 is 5.60 Å². The average molecular weight is 352 g/mol. The Morgan fingerprint density at radius 3 is 2.65 bits per heavy atom. The van der Waals surface area contributed by atoms with Crippen LogP contribution < -0.4 is 0 Å². The summed E-state index contributed by atoms with van der Waals surface area (Å²) >= 11 is 0. The number of carbonyl (C=O) groups excluding carboxylic acids is 1.